The Morgan fingerprint density at radius 2 is 0.705 bits per heavy atom. The Morgan fingerprint density at radius 1 is 0.352 bits per heavy atom. The topological polar surface area (TPSA) is 99.3 Å². The van der Waals surface area contributed by atoms with Gasteiger partial charge in [-0.3, -0.25) is 0 Å². The standard InChI is InChI=1S/C74H39B2N5O4S.C2H6/c77-40-42-29-34-66(43(35-42)41-78)86-47-32-30-44(31-33-47)79-55-22-8-1-15-48(55)67-72(79)68-49-16-2-9-23-56(49)80(45-36-62-70-63(37-45)83-59-26-12-5-19-52(59)75(70)51-18-4-11-25-58(51)82-62)74(68)69-50-17-3-10-24-57(50)81(73(67)69)46-38-64-71-65(39-46)85-61-28-14-7-21-54(61)76(71)53-20-6-13-27-60(53)84-64;1-2/h1-39H;1-2H3. The van der Waals surface area contributed by atoms with Crippen LogP contribution in [0.4, 0.5) is 0 Å². The lowest BCUT2D eigenvalue weighted by Crippen LogP contribution is -2.57. The van der Waals surface area contributed by atoms with E-state index in [1.807, 2.05) is 44.2 Å². The summed E-state index contributed by atoms with van der Waals surface area (Å²) in [6, 6.07) is 87.0. The Bertz CT molecular complexity index is 5330. The predicted molar refractivity (Wildman–Crippen MR) is 356 cm³/mol. The number of rotatable bonds is 5. The van der Waals surface area contributed by atoms with Crippen molar-refractivity contribution in [2.45, 2.75) is 23.6 Å². The molecule has 0 spiro atoms. The van der Waals surface area contributed by atoms with Crippen LogP contribution in [-0.4, -0.2) is 27.1 Å². The maximum atomic E-state index is 10.2. The number of ether oxygens (including phenoxy) is 4. The summed E-state index contributed by atoms with van der Waals surface area (Å²) >= 11 is 1.51. The van der Waals surface area contributed by atoms with E-state index in [0.29, 0.717) is 11.1 Å². The normalized spacial score (nSPS) is 12.8. The van der Waals surface area contributed by atoms with E-state index < -0.39 is 0 Å². The van der Waals surface area contributed by atoms with Crippen molar-refractivity contribution >= 4 is 123 Å². The molecule has 15 aromatic rings. The fourth-order valence-electron chi connectivity index (χ4n) is 14.5. The van der Waals surface area contributed by atoms with Crippen LogP contribution in [0.3, 0.4) is 0 Å². The highest BCUT2D eigenvalue weighted by atomic mass is 32.2. The first-order valence-electron chi connectivity index (χ1n) is 29.6. The van der Waals surface area contributed by atoms with Gasteiger partial charge in [-0.05, 0) is 107 Å². The second-order valence-electron chi connectivity index (χ2n) is 22.4. The number of benzene rings is 12. The Hall–Kier alpha value is -11.3. The maximum absolute atomic E-state index is 10.2. The summed E-state index contributed by atoms with van der Waals surface area (Å²) in [5, 5.41) is 26.3. The van der Waals surface area contributed by atoms with Gasteiger partial charge in [0.2, 0.25) is 0 Å². The highest BCUT2D eigenvalue weighted by molar-refractivity contribution is 7.99. The number of hydrogen-bond donors (Lipinski definition) is 0. The number of para-hydroxylation sites is 7. The Balaban J connectivity index is 0.00000287. The number of fused-ring (bicyclic) bond motifs is 20. The molecule has 0 saturated heterocycles. The van der Waals surface area contributed by atoms with Gasteiger partial charge in [-0.15, -0.1) is 0 Å². The van der Waals surface area contributed by atoms with Crippen LogP contribution in [0, 0.1) is 22.7 Å². The molecule has 410 valence electrons. The van der Waals surface area contributed by atoms with Crippen LogP contribution in [0.15, 0.2) is 246 Å². The molecule has 4 aliphatic rings. The van der Waals surface area contributed by atoms with Crippen molar-refractivity contribution in [3.63, 3.8) is 0 Å². The third-order valence-corrected chi connectivity index (χ3v) is 19.0. The molecule has 4 aliphatic heterocycles. The first-order valence-corrected chi connectivity index (χ1v) is 30.5. The third-order valence-electron chi connectivity index (χ3n) is 18.0. The van der Waals surface area contributed by atoms with E-state index in [4.69, 9.17) is 18.9 Å². The van der Waals surface area contributed by atoms with Crippen LogP contribution >= 0.6 is 11.8 Å². The quantitative estimate of drug-likeness (QED) is 0.158. The molecule has 0 unspecified atom stereocenters. The summed E-state index contributed by atoms with van der Waals surface area (Å²) in [6.45, 7) is 3.83. The number of nitriles is 2. The molecule has 0 bridgehead atoms. The van der Waals surface area contributed by atoms with Crippen molar-refractivity contribution in [2.24, 2.45) is 0 Å². The minimum absolute atomic E-state index is 0.0866. The molecule has 3 aromatic heterocycles. The first kappa shape index (κ1) is 50.1. The van der Waals surface area contributed by atoms with Crippen molar-refractivity contribution in [1.29, 1.82) is 10.5 Å². The molecule has 0 amide bonds. The third kappa shape index (κ3) is 7.00. The monoisotopic (exact) mass is 1150 g/mol. The van der Waals surface area contributed by atoms with E-state index in [1.54, 1.807) is 12.1 Å². The average Bonchev–Trinajstić information content (AvgIpc) is 1.49. The zero-order chi connectivity index (χ0) is 58.5. The average molecular weight is 1150 g/mol. The fourth-order valence-corrected chi connectivity index (χ4v) is 15.4. The molecular formula is C76H45B2N5O4S. The second-order valence-corrected chi connectivity index (χ2v) is 23.5. The number of hydrogen-bond acceptors (Lipinski definition) is 7. The largest absolute Gasteiger partial charge is 0.458 e. The molecule has 0 atom stereocenters. The van der Waals surface area contributed by atoms with Crippen LogP contribution < -0.4 is 51.7 Å². The summed E-state index contributed by atoms with van der Waals surface area (Å²) in [5.74, 6) is 6.30. The molecule has 12 heteroatoms. The summed E-state index contributed by atoms with van der Waals surface area (Å²) in [5.41, 5.74) is 16.3. The van der Waals surface area contributed by atoms with Gasteiger partial charge >= 0.3 is 0 Å². The van der Waals surface area contributed by atoms with Crippen LogP contribution in [0.1, 0.15) is 25.0 Å². The molecule has 19 rings (SSSR count). The van der Waals surface area contributed by atoms with E-state index in [-0.39, 0.29) is 13.4 Å². The van der Waals surface area contributed by atoms with E-state index in [9.17, 15) is 10.5 Å². The summed E-state index contributed by atoms with van der Waals surface area (Å²) in [6.07, 6.45) is 0. The molecule has 7 heterocycles. The van der Waals surface area contributed by atoms with Gasteiger partial charge in [-0.25, -0.2) is 0 Å². The van der Waals surface area contributed by atoms with Gasteiger partial charge in [0.1, 0.15) is 52.1 Å². The Kier molecular flexibility index (Phi) is 10.9. The van der Waals surface area contributed by atoms with E-state index in [2.05, 4.69) is 220 Å². The minimum Gasteiger partial charge on any atom is -0.458 e. The zero-order valence-corrected chi connectivity index (χ0v) is 48.3. The summed E-state index contributed by atoms with van der Waals surface area (Å²) in [7, 11) is 0. The van der Waals surface area contributed by atoms with E-state index in [1.165, 1.54) is 11.8 Å². The number of nitrogens with zero attached hydrogens (tertiary/aromatic N) is 5. The molecule has 0 aliphatic carbocycles. The summed E-state index contributed by atoms with van der Waals surface area (Å²) in [4.78, 5) is 1.74. The van der Waals surface area contributed by atoms with E-state index >= 15 is 0 Å². The fraction of sp³-hybridized carbons (Fsp3) is 0.0263. The van der Waals surface area contributed by atoms with Crippen LogP contribution in [0.5, 0.6) is 46.0 Å². The molecule has 88 heavy (non-hydrogen) atoms. The lowest BCUT2D eigenvalue weighted by Gasteiger charge is -2.33. The molecule has 12 aromatic carbocycles. The first-order chi connectivity index (χ1) is 43.6. The molecule has 9 nitrogen and oxygen atoms in total. The zero-order valence-electron chi connectivity index (χ0n) is 47.4. The number of aromatic nitrogens is 3. The Labute approximate surface area is 510 Å². The Morgan fingerprint density at radius 3 is 1.08 bits per heavy atom. The van der Waals surface area contributed by atoms with Crippen molar-refractivity contribution in [2.75, 3.05) is 0 Å². The van der Waals surface area contributed by atoms with Crippen LogP contribution in [0.2, 0.25) is 0 Å². The molecule has 0 saturated carbocycles. The molecule has 0 N–H and O–H groups in total. The predicted octanol–water partition coefficient (Wildman–Crippen LogP) is 15.4. The molecule has 0 radical (unpaired) electrons. The van der Waals surface area contributed by atoms with Gasteiger partial charge in [-0.2, -0.15) is 10.5 Å². The minimum atomic E-state index is -0.0866. The summed E-state index contributed by atoms with van der Waals surface area (Å²) < 4.78 is 35.5. The van der Waals surface area contributed by atoms with Gasteiger partial charge < -0.3 is 32.6 Å². The van der Waals surface area contributed by atoms with Gasteiger partial charge in [0.05, 0.1) is 61.7 Å². The maximum Gasteiger partial charge on any atom is 0.260 e. The van der Waals surface area contributed by atoms with Gasteiger partial charge in [0.15, 0.2) is 0 Å². The lowest BCUT2D eigenvalue weighted by atomic mass is 9.35. The molecule has 0 fully saturated rings. The van der Waals surface area contributed by atoms with Crippen LogP contribution in [0.25, 0.3) is 82.5 Å². The van der Waals surface area contributed by atoms with Crippen molar-refractivity contribution < 1.29 is 18.9 Å². The smallest absolute Gasteiger partial charge is 0.260 e. The van der Waals surface area contributed by atoms with Gasteiger partial charge in [-0.1, -0.05) is 153 Å². The van der Waals surface area contributed by atoms with Gasteiger partial charge in [0.25, 0.3) is 13.4 Å². The highest BCUT2D eigenvalue weighted by Crippen LogP contribution is 2.52. The van der Waals surface area contributed by atoms with Crippen molar-refractivity contribution in [3.8, 4) is 75.2 Å². The lowest BCUT2D eigenvalue weighted by molar-refractivity contribution is 0.463. The molecular weight excluding hydrogens is 1100 g/mol. The highest BCUT2D eigenvalue weighted by Gasteiger charge is 2.43. The van der Waals surface area contributed by atoms with Crippen molar-refractivity contribution in [1.82, 2.24) is 13.7 Å². The van der Waals surface area contributed by atoms with Crippen LogP contribution in [-0.2, 0) is 0 Å². The van der Waals surface area contributed by atoms with Gasteiger partial charge in [0, 0.05) is 83.0 Å². The van der Waals surface area contributed by atoms with E-state index in [0.717, 1.165) is 171 Å². The second kappa shape index (κ2) is 19.1. The SMILES string of the molecule is CC.N#Cc1ccc(Sc2ccc(-n3c4ccccc4c4c3c3c5ccccc5n(-c5cc6c7c(c5)Oc5ccccc5B7c5ccccc5O6)c3c3c5ccccc5n(-c5cc6c7c(c5)Oc5ccccc5B7c5ccccc5O6)c43)cc2)c(C#N)c1. The van der Waals surface area contributed by atoms with Crippen molar-refractivity contribution in [3.05, 3.63) is 248 Å².